The van der Waals surface area contributed by atoms with Gasteiger partial charge in [0, 0.05) is 38.7 Å². The van der Waals surface area contributed by atoms with Crippen molar-refractivity contribution >= 4 is 12.0 Å². The van der Waals surface area contributed by atoms with Gasteiger partial charge in [0.2, 0.25) is 5.91 Å². The predicted octanol–water partition coefficient (Wildman–Crippen LogP) is 3.45. The molecule has 1 aromatic carbocycles. The first kappa shape index (κ1) is 21.2. The Bertz CT molecular complexity index is 612. The molecule has 1 saturated heterocycles. The first-order chi connectivity index (χ1) is 12.8. The van der Waals surface area contributed by atoms with E-state index in [4.69, 9.17) is 9.47 Å². The first-order valence-electron chi connectivity index (χ1n) is 9.65. The van der Waals surface area contributed by atoms with Gasteiger partial charge in [0.15, 0.2) is 0 Å². The number of nitrogens with zero attached hydrogens (tertiary/aromatic N) is 2. The van der Waals surface area contributed by atoms with Gasteiger partial charge in [-0.1, -0.05) is 30.3 Å². The lowest BCUT2D eigenvalue weighted by atomic mass is 10.2. The highest BCUT2D eigenvalue weighted by Crippen LogP contribution is 2.16. The zero-order valence-electron chi connectivity index (χ0n) is 16.9. The van der Waals surface area contributed by atoms with Gasteiger partial charge in [0.05, 0.1) is 6.61 Å². The van der Waals surface area contributed by atoms with Crippen LogP contribution < -0.4 is 0 Å². The van der Waals surface area contributed by atoms with E-state index in [1.165, 1.54) is 0 Å². The van der Waals surface area contributed by atoms with E-state index in [9.17, 15) is 9.59 Å². The van der Waals surface area contributed by atoms with Gasteiger partial charge in [-0.2, -0.15) is 0 Å². The van der Waals surface area contributed by atoms with E-state index in [1.807, 2.05) is 62.9 Å². The molecule has 0 bridgehead atoms. The summed E-state index contributed by atoms with van der Waals surface area (Å²) in [6.07, 6.45) is 0.752. The van der Waals surface area contributed by atoms with Crippen LogP contribution in [0.15, 0.2) is 30.3 Å². The summed E-state index contributed by atoms with van der Waals surface area (Å²) in [6.45, 7) is 10.2. The summed E-state index contributed by atoms with van der Waals surface area (Å²) in [6, 6.07) is 9.96. The fourth-order valence-corrected chi connectivity index (χ4v) is 3.04. The third-order valence-corrected chi connectivity index (χ3v) is 4.39. The maximum absolute atomic E-state index is 12.4. The maximum Gasteiger partial charge on any atom is 0.410 e. The molecule has 0 unspecified atom stereocenters. The Morgan fingerprint density at radius 3 is 2.59 bits per heavy atom. The third kappa shape index (κ3) is 7.21. The molecule has 6 heteroatoms. The van der Waals surface area contributed by atoms with Crippen molar-refractivity contribution in [3.8, 4) is 0 Å². The second-order valence-electron chi connectivity index (χ2n) is 8.00. The van der Waals surface area contributed by atoms with Gasteiger partial charge in [-0.3, -0.25) is 4.79 Å². The Morgan fingerprint density at radius 1 is 1.22 bits per heavy atom. The molecule has 6 nitrogen and oxygen atoms in total. The number of hydrogen-bond acceptors (Lipinski definition) is 4. The van der Waals surface area contributed by atoms with Gasteiger partial charge in [-0.05, 0) is 39.7 Å². The van der Waals surface area contributed by atoms with Crippen molar-refractivity contribution in [2.75, 3.05) is 26.2 Å². The molecule has 0 aromatic heterocycles. The van der Waals surface area contributed by atoms with Gasteiger partial charge >= 0.3 is 6.09 Å². The predicted molar refractivity (Wildman–Crippen MR) is 104 cm³/mol. The van der Waals surface area contributed by atoms with Crippen molar-refractivity contribution in [2.24, 2.45) is 0 Å². The highest BCUT2D eigenvalue weighted by molar-refractivity contribution is 5.78. The molecule has 2 amide bonds. The Morgan fingerprint density at radius 2 is 1.93 bits per heavy atom. The summed E-state index contributed by atoms with van der Waals surface area (Å²) in [5.41, 5.74) is 0.605. The van der Waals surface area contributed by atoms with E-state index in [0.717, 1.165) is 12.0 Å². The second kappa shape index (κ2) is 9.74. The van der Waals surface area contributed by atoms with E-state index in [0.29, 0.717) is 39.3 Å². The van der Waals surface area contributed by atoms with Crippen LogP contribution in [0.4, 0.5) is 4.79 Å². The molecule has 1 aliphatic heterocycles. The van der Waals surface area contributed by atoms with Crippen molar-refractivity contribution in [2.45, 2.75) is 58.8 Å². The Balaban J connectivity index is 1.77. The minimum absolute atomic E-state index is 0.0727. The second-order valence-corrected chi connectivity index (χ2v) is 8.00. The number of carbonyl (C=O) groups excluding carboxylic acids is 2. The zero-order chi connectivity index (χ0) is 19.9. The summed E-state index contributed by atoms with van der Waals surface area (Å²) in [4.78, 5) is 28.3. The number of rotatable bonds is 6. The molecule has 150 valence electrons. The molecule has 27 heavy (non-hydrogen) atoms. The highest BCUT2D eigenvalue weighted by atomic mass is 16.6. The summed E-state index contributed by atoms with van der Waals surface area (Å²) >= 11 is 0. The van der Waals surface area contributed by atoms with Crippen LogP contribution in [0.3, 0.4) is 0 Å². The summed E-state index contributed by atoms with van der Waals surface area (Å²) in [7, 11) is 0. The monoisotopic (exact) mass is 376 g/mol. The van der Waals surface area contributed by atoms with Crippen molar-refractivity contribution in [1.82, 2.24) is 9.80 Å². The molecular formula is C21H32N2O4. The van der Waals surface area contributed by atoms with Crippen molar-refractivity contribution in [3.63, 3.8) is 0 Å². The lowest BCUT2D eigenvalue weighted by molar-refractivity contribution is -0.130. The van der Waals surface area contributed by atoms with Gasteiger partial charge in [-0.15, -0.1) is 0 Å². The average molecular weight is 376 g/mol. The lowest BCUT2D eigenvalue weighted by Crippen LogP contribution is -2.45. The quantitative estimate of drug-likeness (QED) is 0.714. The summed E-state index contributed by atoms with van der Waals surface area (Å²) in [5, 5.41) is 0. The van der Waals surface area contributed by atoms with Crippen LogP contribution in [0.2, 0.25) is 0 Å². The van der Waals surface area contributed by atoms with Gasteiger partial charge in [-0.25, -0.2) is 4.79 Å². The number of ether oxygens (including phenoxy) is 2. The van der Waals surface area contributed by atoms with Crippen LogP contribution in [-0.2, 0) is 20.9 Å². The Kier molecular flexibility index (Phi) is 7.66. The van der Waals surface area contributed by atoms with E-state index in [2.05, 4.69) is 0 Å². The molecule has 1 heterocycles. The smallest absolute Gasteiger partial charge is 0.410 e. The Hall–Kier alpha value is -2.08. The fraction of sp³-hybridized carbons (Fsp3) is 0.619. The van der Waals surface area contributed by atoms with Crippen molar-refractivity contribution in [1.29, 1.82) is 0 Å². The standard InChI is InChI=1S/C21H32N2O4/c1-17-15-22(12-8-14-26-16-18-9-6-5-7-10-18)19(24)11-13-23(17)20(25)27-21(2,3)4/h5-7,9-10,17H,8,11-16H2,1-4H3/t17-/m1/s1. The average Bonchev–Trinajstić information content (AvgIpc) is 2.73. The molecule has 1 aliphatic rings. The molecule has 0 saturated carbocycles. The molecule has 0 N–H and O–H groups in total. The van der Waals surface area contributed by atoms with Crippen LogP contribution in [-0.4, -0.2) is 59.7 Å². The number of benzene rings is 1. The number of amides is 2. The Labute approximate surface area is 162 Å². The molecule has 1 aromatic rings. The van der Waals surface area contributed by atoms with Crippen molar-refractivity contribution < 1.29 is 19.1 Å². The third-order valence-electron chi connectivity index (χ3n) is 4.39. The van der Waals surface area contributed by atoms with E-state index in [1.54, 1.807) is 4.90 Å². The zero-order valence-corrected chi connectivity index (χ0v) is 16.9. The normalized spacial score (nSPS) is 18.4. The van der Waals surface area contributed by atoms with Crippen LogP contribution >= 0.6 is 0 Å². The lowest BCUT2D eigenvalue weighted by Gasteiger charge is -2.31. The van der Waals surface area contributed by atoms with Gasteiger partial charge < -0.3 is 19.3 Å². The topological polar surface area (TPSA) is 59.1 Å². The summed E-state index contributed by atoms with van der Waals surface area (Å²) < 4.78 is 11.2. The van der Waals surface area contributed by atoms with Gasteiger partial charge in [0.25, 0.3) is 0 Å². The molecule has 0 aliphatic carbocycles. The van der Waals surface area contributed by atoms with Crippen LogP contribution in [0.5, 0.6) is 0 Å². The van der Waals surface area contributed by atoms with E-state index in [-0.39, 0.29) is 18.0 Å². The first-order valence-corrected chi connectivity index (χ1v) is 9.65. The van der Waals surface area contributed by atoms with E-state index >= 15 is 0 Å². The van der Waals surface area contributed by atoms with Crippen LogP contribution in [0.25, 0.3) is 0 Å². The highest BCUT2D eigenvalue weighted by Gasteiger charge is 2.31. The van der Waals surface area contributed by atoms with Gasteiger partial charge in [0.1, 0.15) is 5.60 Å². The maximum atomic E-state index is 12.4. The van der Waals surface area contributed by atoms with E-state index < -0.39 is 5.60 Å². The molecule has 1 fully saturated rings. The summed E-state index contributed by atoms with van der Waals surface area (Å²) in [5.74, 6) is 0.0796. The number of hydrogen-bond donors (Lipinski definition) is 0. The molecule has 2 rings (SSSR count). The molecular weight excluding hydrogens is 344 g/mol. The molecule has 0 radical (unpaired) electrons. The minimum atomic E-state index is -0.539. The minimum Gasteiger partial charge on any atom is -0.444 e. The molecule has 0 spiro atoms. The molecule has 1 atom stereocenters. The number of carbonyl (C=O) groups is 2. The van der Waals surface area contributed by atoms with Crippen molar-refractivity contribution in [3.05, 3.63) is 35.9 Å². The fourth-order valence-electron chi connectivity index (χ4n) is 3.04. The SMILES string of the molecule is C[C@@H]1CN(CCCOCc2ccccc2)C(=O)CCN1C(=O)OC(C)(C)C. The van der Waals surface area contributed by atoms with Crippen LogP contribution in [0.1, 0.15) is 46.1 Å². The largest absolute Gasteiger partial charge is 0.444 e. The van der Waals surface area contributed by atoms with Crippen LogP contribution in [0, 0.1) is 0 Å².